The third-order valence-electron chi connectivity index (χ3n) is 2.94. The van der Waals surface area contributed by atoms with Crippen LogP contribution < -0.4 is 0 Å². The molecule has 0 radical (unpaired) electrons. The van der Waals surface area contributed by atoms with Crippen LogP contribution in [-0.4, -0.2) is 9.97 Å². The number of fused-ring (bicyclic) bond motifs is 1. The summed E-state index contributed by atoms with van der Waals surface area (Å²) in [6.07, 6.45) is 0.344. The fourth-order valence-electron chi connectivity index (χ4n) is 2.11. The van der Waals surface area contributed by atoms with Crippen molar-refractivity contribution in [2.45, 2.75) is 17.9 Å². The van der Waals surface area contributed by atoms with E-state index in [4.69, 9.17) is 12.2 Å². The molecule has 98 valence electrons. The molecule has 1 aliphatic heterocycles. The van der Waals surface area contributed by atoms with Gasteiger partial charge in [0.2, 0.25) is 0 Å². The summed E-state index contributed by atoms with van der Waals surface area (Å²) in [4.78, 5) is 7.51. The van der Waals surface area contributed by atoms with Crippen LogP contribution in [0.1, 0.15) is 22.6 Å². The van der Waals surface area contributed by atoms with E-state index in [1.807, 2.05) is 0 Å². The first-order valence-corrected chi connectivity index (χ1v) is 7.32. The summed E-state index contributed by atoms with van der Waals surface area (Å²) in [6.45, 7) is 0. The van der Waals surface area contributed by atoms with Gasteiger partial charge in [0.25, 0.3) is 0 Å². The van der Waals surface area contributed by atoms with Gasteiger partial charge in [-0.05, 0) is 17.7 Å². The molecule has 1 aromatic carbocycles. The largest absolute Gasteiger partial charge is 0.346 e. The molecule has 0 amide bonds. The molecule has 1 aliphatic rings. The van der Waals surface area contributed by atoms with Crippen molar-refractivity contribution in [3.8, 4) is 0 Å². The SMILES string of the molecule is Fc1cc(F)cc(Cc2nc(=S)c3c([nH]2)CSC3)c1. The minimum atomic E-state index is -0.578. The van der Waals surface area contributed by atoms with Crippen LogP contribution in [0.15, 0.2) is 18.2 Å². The van der Waals surface area contributed by atoms with Crippen molar-refractivity contribution in [1.29, 1.82) is 0 Å². The lowest BCUT2D eigenvalue weighted by Crippen LogP contribution is -2.02. The van der Waals surface area contributed by atoms with Crippen molar-refractivity contribution < 1.29 is 8.78 Å². The Kier molecular flexibility index (Phi) is 3.36. The number of rotatable bonds is 2. The maximum atomic E-state index is 13.1. The molecule has 1 N–H and O–H groups in total. The molecule has 0 bridgehead atoms. The second-order valence-electron chi connectivity index (χ2n) is 4.39. The number of nitrogens with one attached hydrogen (secondary N) is 1. The van der Waals surface area contributed by atoms with Crippen LogP contribution in [0.25, 0.3) is 0 Å². The van der Waals surface area contributed by atoms with Crippen molar-refractivity contribution in [3.63, 3.8) is 0 Å². The molecule has 0 unspecified atom stereocenters. The molecule has 0 saturated carbocycles. The Morgan fingerprint density at radius 3 is 2.68 bits per heavy atom. The molecule has 2 nitrogen and oxygen atoms in total. The normalized spacial score (nSPS) is 13.6. The van der Waals surface area contributed by atoms with E-state index in [-0.39, 0.29) is 0 Å². The monoisotopic (exact) mass is 296 g/mol. The predicted molar refractivity (Wildman–Crippen MR) is 73.6 cm³/mol. The summed E-state index contributed by atoms with van der Waals surface area (Å²) < 4.78 is 26.9. The predicted octanol–water partition coefficient (Wildman–Crippen LogP) is 3.75. The van der Waals surface area contributed by atoms with E-state index in [9.17, 15) is 8.78 Å². The highest BCUT2D eigenvalue weighted by molar-refractivity contribution is 7.98. The lowest BCUT2D eigenvalue weighted by molar-refractivity contribution is 0.580. The molecule has 0 atom stereocenters. The lowest BCUT2D eigenvalue weighted by atomic mass is 10.1. The third-order valence-corrected chi connectivity index (χ3v) is 4.26. The Hall–Kier alpha value is -1.27. The molecular weight excluding hydrogens is 286 g/mol. The van der Waals surface area contributed by atoms with Crippen molar-refractivity contribution in [2.75, 3.05) is 0 Å². The van der Waals surface area contributed by atoms with Gasteiger partial charge < -0.3 is 4.98 Å². The molecule has 0 spiro atoms. The zero-order chi connectivity index (χ0) is 13.4. The van der Waals surface area contributed by atoms with Gasteiger partial charge in [-0.25, -0.2) is 13.8 Å². The Balaban J connectivity index is 1.95. The average Bonchev–Trinajstić information content (AvgIpc) is 2.75. The Morgan fingerprint density at radius 1 is 1.21 bits per heavy atom. The fourth-order valence-corrected chi connectivity index (χ4v) is 3.58. The standard InChI is InChI=1S/C13H10F2N2S2/c14-8-1-7(2-9(15)4-8)3-12-16-11-6-19-5-10(11)13(18)17-12/h1-2,4H,3,5-6H2,(H,16,17,18). The van der Waals surface area contributed by atoms with E-state index < -0.39 is 11.6 Å². The maximum absolute atomic E-state index is 13.1. The Morgan fingerprint density at radius 2 is 1.95 bits per heavy atom. The number of aromatic amines is 1. The molecule has 0 aliphatic carbocycles. The van der Waals surface area contributed by atoms with Crippen LogP contribution in [0, 0.1) is 16.3 Å². The van der Waals surface area contributed by atoms with Crippen molar-refractivity contribution in [3.05, 3.63) is 57.1 Å². The van der Waals surface area contributed by atoms with E-state index in [0.29, 0.717) is 22.4 Å². The fraction of sp³-hybridized carbons (Fsp3) is 0.231. The molecular formula is C13H10F2N2S2. The van der Waals surface area contributed by atoms with E-state index in [1.54, 1.807) is 11.8 Å². The van der Waals surface area contributed by atoms with Crippen LogP contribution in [0.3, 0.4) is 0 Å². The van der Waals surface area contributed by atoms with Crippen LogP contribution in [0.5, 0.6) is 0 Å². The van der Waals surface area contributed by atoms with E-state index in [1.165, 1.54) is 12.1 Å². The molecule has 2 aromatic rings. The van der Waals surface area contributed by atoms with Crippen LogP contribution >= 0.6 is 24.0 Å². The second kappa shape index (κ2) is 5.02. The number of aromatic nitrogens is 2. The zero-order valence-electron chi connectivity index (χ0n) is 9.87. The Labute approximate surface area is 118 Å². The molecule has 0 saturated heterocycles. The summed E-state index contributed by atoms with van der Waals surface area (Å²) in [5, 5.41) is 0. The number of hydrogen-bond donors (Lipinski definition) is 1. The molecule has 6 heteroatoms. The zero-order valence-corrected chi connectivity index (χ0v) is 11.5. The molecule has 2 heterocycles. The van der Waals surface area contributed by atoms with Crippen molar-refractivity contribution >= 4 is 24.0 Å². The first-order valence-electron chi connectivity index (χ1n) is 5.75. The highest BCUT2D eigenvalue weighted by atomic mass is 32.2. The smallest absolute Gasteiger partial charge is 0.134 e. The minimum absolute atomic E-state index is 0.344. The molecule has 0 fully saturated rings. The van der Waals surface area contributed by atoms with Crippen LogP contribution in [-0.2, 0) is 17.9 Å². The van der Waals surface area contributed by atoms with Gasteiger partial charge in [-0.1, -0.05) is 12.2 Å². The van der Waals surface area contributed by atoms with Crippen LogP contribution in [0.4, 0.5) is 8.78 Å². The third kappa shape index (κ3) is 2.69. The van der Waals surface area contributed by atoms with Gasteiger partial charge in [0, 0.05) is 35.3 Å². The molecule has 1 aromatic heterocycles. The molecule has 3 rings (SSSR count). The number of benzene rings is 1. The van der Waals surface area contributed by atoms with E-state index in [2.05, 4.69) is 9.97 Å². The summed E-state index contributed by atoms with van der Waals surface area (Å²) >= 11 is 7.02. The summed E-state index contributed by atoms with van der Waals surface area (Å²) in [7, 11) is 0. The highest BCUT2D eigenvalue weighted by Gasteiger charge is 2.15. The Bertz CT molecular complexity index is 677. The first-order chi connectivity index (χ1) is 9.11. The summed E-state index contributed by atoms with van der Waals surface area (Å²) in [6, 6.07) is 3.48. The number of halogens is 2. The number of nitrogens with zero attached hydrogens (tertiary/aromatic N) is 1. The van der Waals surface area contributed by atoms with Gasteiger partial charge in [0.1, 0.15) is 22.1 Å². The van der Waals surface area contributed by atoms with Gasteiger partial charge >= 0.3 is 0 Å². The molecule has 19 heavy (non-hydrogen) atoms. The lowest BCUT2D eigenvalue weighted by Gasteiger charge is -2.06. The number of thioether (sulfide) groups is 1. The summed E-state index contributed by atoms with van der Waals surface area (Å²) in [5.41, 5.74) is 2.70. The summed E-state index contributed by atoms with van der Waals surface area (Å²) in [5.74, 6) is 1.25. The van der Waals surface area contributed by atoms with Crippen molar-refractivity contribution in [2.24, 2.45) is 0 Å². The average molecular weight is 296 g/mol. The second-order valence-corrected chi connectivity index (χ2v) is 5.77. The highest BCUT2D eigenvalue weighted by Crippen LogP contribution is 2.28. The van der Waals surface area contributed by atoms with Crippen LogP contribution in [0.2, 0.25) is 0 Å². The van der Waals surface area contributed by atoms with Crippen molar-refractivity contribution in [1.82, 2.24) is 9.97 Å². The van der Waals surface area contributed by atoms with Gasteiger partial charge in [-0.3, -0.25) is 0 Å². The topological polar surface area (TPSA) is 28.7 Å². The number of H-pyrrole nitrogens is 1. The van der Waals surface area contributed by atoms with Gasteiger partial charge in [0.15, 0.2) is 0 Å². The first kappa shape index (κ1) is 12.7. The van der Waals surface area contributed by atoms with E-state index >= 15 is 0 Å². The maximum Gasteiger partial charge on any atom is 0.134 e. The van der Waals surface area contributed by atoms with Gasteiger partial charge in [-0.15, -0.1) is 0 Å². The number of hydrogen-bond acceptors (Lipinski definition) is 3. The minimum Gasteiger partial charge on any atom is -0.346 e. The van der Waals surface area contributed by atoms with Gasteiger partial charge in [-0.2, -0.15) is 11.8 Å². The van der Waals surface area contributed by atoms with Gasteiger partial charge in [0.05, 0.1) is 0 Å². The quantitative estimate of drug-likeness (QED) is 0.856. The van der Waals surface area contributed by atoms with E-state index in [0.717, 1.165) is 28.8 Å².